The maximum Gasteiger partial charge on any atom is 0.256 e. The Hall–Kier alpha value is -2.91. The molecule has 0 aromatic heterocycles. The molecule has 0 aliphatic heterocycles. The van der Waals surface area contributed by atoms with E-state index >= 15 is 0 Å². The molecular formula is C16H11ClFN3O2. The highest BCUT2D eigenvalue weighted by atomic mass is 35.5. The number of hydrogen-bond donors (Lipinski definition) is 2. The highest BCUT2D eigenvalue weighted by Crippen LogP contribution is 2.18. The highest BCUT2D eigenvalue weighted by molar-refractivity contribution is 6.33. The molecule has 0 aliphatic carbocycles. The van der Waals surface area contributed by atoms with Gasteiger partial charge in [-0.25, -0.2) is 4.39 Å². The topological polar surface area (TPSA) is 82.0 Å². The number of carbonyl (C=O) groups is 2. The van der Waals surface area contributed by atoms with Gasteiger partial charge in [0, 0.05) is 5.69 Å². The number of carbonyl (C=O) groups excluding carboxylic acids is 2. The molecule has 23 heavy (non-hydrogen) atoms. The molecule has 2 rings (SSSR count). The first-order valence-corrected chi connectivity index (χ1v) is 6.91. The number of rotatable bonds is 4. The first-order valence-electron chi connectivity index (χ1n) is 6.53. The fraction of sp³-hybridized carbons (Fsp3) is 0.0625. The van der Waals surface area contributed by atoms with Crippen LogP contribution < -0.4 is 10.6 Å². The number of anilines is 1. The first-order chi connectivity index (χ1) is 11.0. The predicted molar refractivity (Wildman–Crippen MR) is 83.5 cm³/mol. The van der Waals surface area contributed by atoms with Gasteiger partial charge in [-0.1, -0.05) is 17.7 Å². The summed E-state index contributed by atoms with van der Waals surface area (Å²) in [6.45, 7) is -0.344. The summed E-state index contributed by atoms with van der Waals surface area (Å²) < 4.78 is 13.6. The Kier molecular flexibility index (Phi) is 5.28. The average molecular weight is 332 g/mol. The minimum absolute atomic E-state index is 0.0324. The van der Waals surface area contributed by atoms with Gasteiger partial charge in [0.25, 0.3) is 5.91 Å². The largest absolute Gasteiger partial charge is 0.343 e. The molecule has 0 aliphatic rings. The van der Waals surface area contributed by atoms with Crippen LogP contribution in [0.2, 0.25) is 5.02 Å². The molecule has 2 aromatic carbocycles. The van der Waals surface area contributed by atoms with Crippen molar-refractivity contribution >= 4 is 29.1 Å². The molecule has 0 saturated carbocycles. The lowest BCUT2D eigenvalue weighted by Gasteiger charge is -2.08. The second-order valence-electron chi connectivity index (χ2n) is 4.52. The van der Waals surface area contributed by atoms with Crippen LogP contribution in [0.1, 0.15) is 15.9 Å². The minimum atomic E-state index is -0.775. The third-order valence-corrected chi connectivity index (χ3v) is 3.21. The van der Waals surface area contributed by atoms with Crippen LogP contribution in [-0.4, -0.2) is 18.4 Å². The number of nitrogens with one attached hydrogen (secondary N) is 2. The molecule has 7 heteroatoms. The van der Waals surface area contributed by atoms with Crippen LogP contribution in [0.3, 0.4) is 0 Å². The summed E-state index contributed by atoms with van der Waals surface area (Å²) in [5.74, 6) is -2.03. The summed E-state index contributed by atoms with van der Waals surface area (Å²) in [6, 6.07) is 12.1. The highest BCUT2D eigenvalue weighted by Gasteiger charge is 2.16. The fourth-order valence-electron chi connectivity index (χ4n) is 1.80. The zero-order valence-electron chi connectivity index (χ0n) is 11.8. The SMILES string of the molecule is N#Cc1ccc(NC(=O)CNC(=O)c2c(F)cccc2Cl)cc1. The number of hydrogen-bond acceptors (Lipinski definition) is 3. The molecule has 0 radical (unpaired) electrons. The van der Waals surface area contributed by atoms with Crippen LogP contribution >= 0.6 is 11.6 Å². The molecule has 116 valence electrons. The van der Waals surface area contributed by atoms with Crippen LogP contribution in [0.15, 0.2) is 42.5 Å². The summed E-state index contributed by atoms with van der Waals surface area (Å²) in [5.41, 5.74) is 0.637. The van der Waals surface area contributed by atoms with Crippen molar-refractivity contribution in [2.24, 2.45) is 0 Å². The second kappa shape index (κ2) is 7.38. The molecule has 0 heterocycles. The van der Waals surface area contributed by atoms with E-state index in [1.54, 1.807) is 24.3 Å². The average Bonchev–Trinajstić information content (AvgIpc) is 2.53. The molecular weight excluding hydrogens is 321 g/mol. The van der Waals surface area contributed by atoms with E-state index in [2.05, 4.69) is 10.6 Å². The monoisotopic (exact) mass is 331 g/mol. The van der Waals surface area contributed by atoms with Gasteiger partial charge in [-0.15, -0.1) is 0 Å². The molecule has 0 unspecified atom stereocenters. The van der Waals surface area contributed by atoms with Crippen molar-refractivity contribution in [2.75, 3.05) is 11.9 Å². The van der Waals surface area contributed by atoms with Gasteiger partial charge in [-0.2, -0.15) is 5.26 Å². The lowest BCUT2D eigenvalue weighted by atomic mass is 10.2. The third kappa shape index (κ3) is 4.28. The van der Waals surface area contributed by atoms with E-state index < -0.39 is 17.6 Å². The zero-order chi connectivity index (χ0) is 16.8. The summed E-state index contributed by atoms with van der Waals surface area (Å²) in [5, 5.41) is 13.5. The molecule has 5 nitrogen and oxygen atoms in total. The molecule has 0 atom stereocenters. The Morgan fingerprint density at radius 2 is 1.87 bits per heavy atom. The molecule has 0 fully saturated rings. The normalized spacial score (nSPS) is 9.78. The Morgan fingerprint density at radius 1 is 1.17 bits per heavy atom. The maximum absolute atomic E-state index is 13.6. The Balaban J connectivity index is 1.93. The molecule has 0 spiro atoms. The Bertz CT molecular complexity index is 765. The lowest BCUT2D eigenvalue weighted by molar-refractivity contribution is -0.115. The van der Waals surface area contributed by atoms with Crippen molar-refractivity contribution in [2.45, 2.75) is 0 Å². The van der Waals surface area contributed by atoms with E-state index in [4.69, 9.17) is 16.9 Å². The van der Waals surface area contributed by atoms with E-state index in [-0.39, 0.29) is 17.1 Å². The van der Waals surface area contributed by atoms with E-state index in [0.717, 1.165) is 6.07 Å². The van der Waals surface area contributed by atoms with Gasteiger partial charge in [0.15, 0.2) is 0 Å². The van der Waals surface area contributed by atoms with Crippen LogP contribution in [0, 0.1) is 17.1 Å². The van der Waals surface area contributed by atoms with Crippen molar-refractivity contribution < 1.29 is 14.0 Å². The van der Waals surface area contributed by atoms with Crippen LogP contribution in [-0.2, 0) is 4.79 Å². The lowest BCUT2D eigenvalue weighted by Crippen LogP contribution is -2.33. The fourth-order valence-corrected chi connectivity index (χ4v) is 2.05. The van der Waals surface area contributed by atoms with Crippen LogP contribution in [0.25, 0.3) is 0 Å². The number of nitriles is 1. The standard InChI is InChI=1S/C16H11ClFN3O2/c17-12-2-1-3-13(18)15(12)16(23)20-9-14(22)21-11-6-4-10(8-19)5-7-11/h1-7H,9H2,(H,20,23)(H,21,22). The number of halogens is 2. The van der Waals surface area contributed by atoms with Gasteiger partial charge in [-0.05, 0) is 36.4 Å². The van der Waals surface area contributed by atoms with Crippen molar-refractivity contribution in [1.82, 2.24) is 5.32 Å². The van der Waals surface area contributed by atoms with Crippen molar-refractivity contribution in [3.8, 4) is 6.07 Å². The number of benzene rings is 2. The molecule has 2 aromatic rings. The summed E-state index contributed by atoms with van der Waals surface area (Å²) >= 11 is 5.77. The van der Waals surface area contributed by atoms with E-state index in [9.17, 15) is 14.0 Å². The second-order valence-corrected chi connectivity index (χ2v) is 4.92. The first kappa shape index (κ1) is 16.5. The van der Waals surface area contributed by atoms with Crippen LogP contribution in [0.4, 0.5) is 10.1 Å². The maximum atomic E-state index is 13.6. The van der Waals surface area contributed by atoms with Crippen molar-refractivity contribution in [1.29, 1.82) is 5.26 Å². The van der Waals surface area contributed by atoms with Gasteiger partial charge in [0.1, 0.15) is 5.82 Å². The number of amides is 2. The third-order valence-electron chi connectivity index (χ3n) is 2.90. The Morgan fingerprint density at radius 3 is 2.48 bits per heavy atom. The van der Waals surface area contributed by atoms with Gasteiger partial charge in [0.2, 0.25) is 5.91 Å². The molecule has 2 N–H and O–H groups in total. The summed E-state index contributed by atoms with van der Waals surface area (Å²) in [7, 11) is 0. The minimum Gasteiger partial charge on any atom is -0.343 e. The molecule has 0 saturated heterocycles. The Labute approximate surface area is 136 Å². The van der Waals surface area contributed by atoms with Gasteiger partial charge in [0.05, 0.1) is 28.8 Å². The molecule has 2 amide bonds. The number of nitrogens with zero attached hydrogens (tertiary/aromatic N) is 1. The van der Waals surface area contributed by atoms with Gasteiger partial charge >= 0.3 is 0 Å². The van der Waals surface area contributed by atoms with Crippen molar-refractivity contribution in [3.63, 3.8) is 0 Å². The van der Waals surface area contributed by atoms with E-state index in [1.165, 1.54) is 12.1 Å². The molecule has 0 bridgehead atoms. The van der Waals surface area contributed by atoms with E-state index in [1.807, 2.05) is 6.07 Å². The van der Waals surface area contributed by atoms with E-state index in [0.29, 0.717) is 11.3 Å². The van der Waals surface area contributed by atoms with Crippen LogP contribution in [0.5, 0.6) is 0 Å². The quantitative estimate of drug-likeness (QED) is 0.903. The van der Waals surface area contributed by atoms with Gasteiger partial charge in [-0.3, -0.25) is 9.59 Å². The van der Waals surface area contributed by atoms with Gasteiger partial charge < -0.3 is 10.6 Å². The predicted octanol–water partition coefficient (Wildman–Crippen LogP) is 2.72. The summed E-state index contributed by atoms with van der Waals surface area (Å²) in [4.78, 5) is 23.6. The van der Waals surface area contributed by atoms with Crippen molar-refractivity contribution in [3.05, 3.63) is 64.4 Å². The smallest absolute Gasteiger partial charge is 0.256 e. The summed E-state index contributed by atoms with van der Waals surface area (Å²) in [6.07, 6.45) is 0. The zero-order valence-corrected chi connectivity index (χ0v) is 12.5.